The lowest BCUT2D eigenvalue weighted by molar-refractivity contribution is -0.139. The smallest absolute Gasteiger partial charge is 0.295 e. The van der Waals surface area contributed by atoms with E-state index in [4.69, 9.17) is 16.3 Å². The van der Waals surface area contributed by atoms with Crippen LogP contribution < -0.4 is 4.74 Å². The third-order valence-corrected chi connectivity index (χ3v) is 5.76. The second kappa shape index (κ2) is 9.54. The molecule has 1 saturated heterocycles. The number of ketones is 1. The summed E-state index contributed by atoms with van der Waals surface area (Å²) in [5.41, 5.74) is 2.19. The molecule has 2 aromatic carbocycles. The van der Waals surface area contributed by atoms with Crippen LogP contribution in [0.4, 0.5) is 0 Å². The van der Waals surface area contributed by atoms with Gasteiger partial charge in [0.05, 0.1) is 23.7 Å². The lowest BCUT2D eigenvalue weighted by Crippen LogP contribution is -2.32. The van der Waals surface area contributed by atoms with Crippen LogP contribution in [0.3, 0.4) is 0 Å². The van der Waals surface area contributed by atoms with Gasteiger partial charge in [-0.15, -0.1) is 0 Å². The van der Waals surface area contributed by atoms with Crippen molar-refractivity contribution in [1.82, 2.24) is 9.80 Å². The number of amides is 1. The summed E-state index contributed by atoms with van der Waals surface area (Å²) in [5, 5.41) is 11.5. The quantitative estimate of drug-likeness (QED) is 0.398. The number of methoxy groups -OCH3 is 1. The van der Waals surface area contributed by atoms with Gasteiger partial charge in [0.25, 0.3) is 11.7 Å². The van der Waals surface area contributed by atoms with Crippen molar-refractivity contribution < 1.29 is 19.4 Å². The van der Waals surface area contributed by atoms with Crippen molar-refractivity contribution in [2.45, 2.75) is 19.4 Å². The molecule has 2 aromatic rings. The molecule has 6 nitrogen and oxygen atoms in total. The molecule has 0 saturated carbocycles. The highest BCUT2D eigenvalue weighted by Gasteiger charge is 2.46. The number of aliphatic hydroxyl groups is 1. The first-order chi connectivity index (χ1) is 14.8. The maximum absolute atomic E-state index is 13.1. The van der Waals surface area contributed by atoms with E-state index in [2.05, 4.69) is 0 Å². The SMILES string of the molecule is COc1cc(/C(O)=C2\C(=O)C(=O)N(CCCN(C)C)C2c2ccccc2C)ccc1Cl. The van der Waals surface area contributed by atoms with Crippen LogP contribution in [0.2, 0.25) is 5.02 Å². The van der Waals surface area contributed by atoms with Gasteiger partial charge in [0, 0.05) is 12.1 Å². The highest BCUT2D eigenvalue weighted by atomic mass is 35.5. The molecule has 1 aliphatic heterocycles. The standard InChI is InChI=1S/C24H27ClN2O4/c1-15-8-5-6-9-17(15)21-20(22(28)16-10-11-18(25)19(14-16)31-4)23(29)24(30)27(21)13-7-12-26(2)3/h5-6,8-11,14,21,28H,7,12-13H2,1-4H3/b22-20+. The molecule has 0 aromatic heterocycles. The van der Waals surface area contributed by atoms with Gasteiger partial charge in [-0.05, 0) is 63.3 Å². The Morgan fingerprint density at radius 1 is 1.19 bits per heavy atom. The Bertz CT molecular complexity index is 1030. The second-order valence-corrected chi connectivity index (χ2v) is 8.26. The second-order valence-electron chi connectivity index (χ2n) is 7.86. The number of Topliss-reactive ketones (excluding diaryl/α,β-unsaturated/α-hetero) is 1. The lowest BCUT2D eigenvalue weighted by Gasteiger charge is -2.27. The summed E-state index contributed by atoms with van der Waals surface area (Å²) in [6, 6.07) is 11.7. The molecule has 7 heteroatoms. The average molecular weight is 443 g/mol. The summed E-state index contributed by atoms with van der Waals surface area (Å²) >= 11 is 6.11. The number of aliphatic hydroxyl groups excluding tert-OH is 1. The Morgan fingerprint density at radius 2 is 1.90 bits per heavy atom. The van der Waals surface area contributed by atoms with Gasteiger partial charge >= 0.3 is 0 Å². The summed E-state index contributed by atoms with van der Waals surface area (Å²) in [6.45, 7) is 3.11. The predicted molar refractivity (Wildman–Crippen MR) is 121 cm³/mol. The van der Waals surface area contributed by atoms with Gasteiger partial charge in [-0.2, -0.15) is 0 Å². The van der Waals surface area contributed by atoms with Gasteiger partial charge in [-0.1, -0.05) is 35.9 Å². The minimum Gasteiger partial charge on any atom is -0.507 e. The molecule has 31 heavy (non-hydrogen) atoms. The molecular formula is C24H27ClN2O4. The van der Waals surface area contributed by atoms with Crippen molar-refractivity contribution in [2.24, 2.45) is 0 Å². The van der Waals surface area contributed by atoms with Crippen LogP contribution in [0.15, 0.2) is 48.0 Å². The van der Waals surface area contributed by atoms with Gasteiger partial charge < -0.3 is 19.6 Å². The van der Waals surface area contributed by atoms with Gasteiger partial charge in [-0.25, -0.2) is 0 Å². The zero-order chi connectivity index (χ0) is 22.7. The molecule has 0 spiro atoms. The molecule has 1 aliphatic rings. The van der Waals surface area contributed by atoms with Crippen molar-refractivity contribution in [3.63, 3.8) is 0 Å². The fraction of sp³-hybridized carbons (Fsp3) is 0.333. The van der Waals surface area contributed by atoms with E-state index in [0.29, 0.717) is 29.3 Å². The summed E-state index contributed by atoms with van der Waals surface area (Å²) in [4.78, 5) is 29.6. The third-order valence-electron chi connectivity index (χ3n) is 5.45. The van der Waals surface area contributed by atoms with Gasteiger partial charge in [0.2, 0.25) is 0 Å². The third kappa shape index (κ3) is 4.60. The molecule has 0 radical (unpaired) electrons. The van der Waals surface area contributed by atoms with Crippen molar-refractivity contribution in [3.05, 3.63) is 69.8 Å². The van der Waals surface area contributed by atoms with Crippen LogP contribution in [-0.2, 0) is 9.59 Å². The van der Waals surface area contributed by atoms with Crippen molar-refractivity contribution in [3.8, 4) is 5.75 Å². The number of rotatable bonds is 7. The van der Waals surface area contributed by atoms with Gasteiger partial charge in [0.1, 0.15) is 11.5 Å². The summed E-state index contributed by atoms with van der Waals surface area (Å²) in [5.74, 6) is -1.16. The molecule has 1 fully saturated rings. The van der Waals surface area contributed by atoms with E-state index >= 15 is 0 Å². The number of carbonyl (C=O) groups excluding carboxylic acids is 2. The highest BCUT2D eigenvalue weighted by Crippen LogP contribution is 2.41. The van der Waals surface area contributed by atoms with E-state index in [0.717, 1.165) is 17.7 Å². The Balaban J connectivity index is 2.14. The number of likely N-dealkylation sites (tertiary alicyclic amines) is 1. The van der Waals surface area contributed by atoms with E-state index in [1.165, 1.54) is 7.11 Å². The van der Waals surface area contributed by atoms with Crippen LogP contribution in [0.1, 0.15) is 29.2 Å². The van der Waals surface area contributed by atoms with E-state index in [9.17, 15) is 14.7 Å². The lowest BCUT2D eigenvalue weighted by atomic mass is 9.92. The molecule has 3 rings (SSSR count). The Hall–Kier alpha value is -2.83. The largest absolute Gasteiger partial charge is 0.507 e. The van der Waals surface area contributed by atoms with E-state index in [-0.39, 0.29) is 11.3 Å². The number of hydrogen-bond acceptors (Lipinski definition) is 5. The molecule has 164 valence electrons. The Kier molecular flexibility index (Phi) is 7.03. The zero-order valence-corrected chi connectivity index (χ0v) is 18.9. The Morgan fingerprint density at radius 3 is 2.55 bits per heavy atom. The number of halogens is 1. The summed E-state index contributed by atoms with van der Waals surface area (Å²) < 4.78 is 5.24. The molecule has 1 heterocycles. The van der Waals surface area contributed by atoms with Crippen molar-refractivity contribution in [1.29, 1.82) is 0 Å². The molecule has 1 unspecified atom stereocenters. The first kappa shape index (κ1) is 22.8. The van der Waals surface area contributed by atoms with Crippen LogP contribution in [0.5, 0.6) is 5.75 Å². The summed E-state index contributed by atoms with van der Waals surface area (Å²) in [6.07, 6.45) is 0.706. The van der Waals surface area contributed by atoms with Crippen LogP contribution in [0.25, 0.3) is 5.76 Å². The van der Waals surface area contributed by atoms with E-state index in [1.807, 2.05) is 50.2 Å². The van der Waals surface area contributed by atoms with Crippen LogP contribution in [-0.4, -0.2) is 60.9 Å². The number of ether oxygens (including phenoxy) is 1. The zero-order valence-electron chi connectivity index (χ0n) is 18.2. The van der Waals surface area contributed by atoms with E-state index in [1.54, 1.807) is 23.1 Å². The number of nitrogens with zero attached hydrogens (tertiary/aromatic N) is 2. The number of hydrogen-bond donors (Lipinski definition) is 1. The van der Waals surface area contributed by atoms with Crippen molar-refractivity contribution >= 4 is 29.1 Å². The van der Waals surface area contributed by atoms with E-state index < -0.39 is 17.7 Å². The van der Waals surface area contributed by atoms with Crippen LogP contribution in [0, 0.1) is 6.92 Å². The maximum Gasteiger partial charge on any atom is 0.295 e. The van der Waals surface area contributed by atoms with Crippen molar-refractivity contribution in [2.75, 3.05) is 34.3 Å². The summed E-state index contributed by atoms with van der Waals surface area (Å²) in [7, 11) is 5.39. The molecule has 0 bridgehead atoms. The fourth-order valence-corrected chi connectivity index (χ4v) is 4.04. The highest BCUT2D eigenvalue weighted by molar-refractivity contribution is 6.46. The molecular weight excluding hydrogens is 416 g/mol. The minimum atomic E-state index is -0.690. The molecule has 1 atom stereocenters. The van der Waals surface area contributed by atoms with Gasteiger partial charge in [-0.3, -0.25) is 9.59 Å². The predicted octanol–water partition coefficient (Wildman–Crippen LogP) is 4.03. The fourth-order valence-electron chi connectivity index (χ4n) is 3.85. The average Bonchev–Trinajstić information content (AvgIpc) is 2.98. The first-order valence-corrected chi connectivity index (χ1v) is 10.5. The Labute approximate surface area is 187 Å². The maximum atomic E-state index is 13.1. The normalized spacial score (nSPS) is 18.1. The number of benzene rings is 2. The molecule has 1 amide bonds. The molecule has 0 aliphatic carbocycles. The topological polar surface area (TPSA) is 70.1 Å². The number of carbonyl (C=O) groups is 2. The minimum absolute atomic E-state index is 0.0773. The first-order valence-electron chi connectivity index (χ1n) is 10.1. The van der Waals surface area contributed by atoms with Gasteiger partial charge in [0.15, 0.2) is 0 Å². The molecule has 1 N–H and O–H groups in total. The number of aryl methyl sites for hydroxylation is 1. The monoisotopic (exact) mass is 442 g/mol. The van der Waals surface area contributed by atoms with Crippen LogP contribution >= 0.6 is 11.6 Å².